The average Bonchev–Trinajstić information content (AvgIpc) is 2.85. The van der Waals surface area contributed by atoms with E-state index in [1.54, 1.807) is 19.1 Å². The van der Waals surface area contributed by atoms with Gasteiger partial charge in [-0.1, -0.05) is 6.07 Å². The summed E-state index contributed by atoms with van der Waals surface area (Å²) in [5.74, 6) is -1.76. The molecule has 2 N–H and O–H groups in total. The molecule has 0 atom stereocenters. The second-order valence-corrected chi connectivity index (χ2v) is 7.78. The number of ether oxygens (including phenoxy) is 1. The molecular weight excluding hydrogens is 451 g/mol. The van der Waals surface area contributed by atoms with Crippen LogP contribution in [0.25, 0.3) is 0 Å². The molecule has 180 valence electrons. The minimum atomic E-state index is -4.55. The molecule has 0 aromatic heterocycles. The largest absolute Gasteiger partial charge is 0.466 e. The third kappa shape index (κ3) is 5.94. The van der Waals surface area contributed by atoms with E-state index in [9.17, 15) is 27.6 Å². The Bertz CT molecular complexity index is 1160. The Hall–Kier alpha value is -3.82. The fourth-order valence-corrected chi connectivity index (χ4v) is 3.42. The third-order valence-corrected chi connectivity index (χ3v) is 5.18. The summed E-state index contributed by atoms with van der Waals surface area (Å²) in [5, 5.41) is 5.48. The molecular formula is C24H24F3N3O4. The van der Waals surface area contributed by atoms with Crippen molar-refractivity contribution < 1.29 is 32.3 Å². The summed E-state index contributed by atoms with van der Waals surface area (Å²) in [5.41, 5.74) is 2.06. The summed E-state index contributed by atoms with van der Waals surface area (Å²) in [6, 6.07) is 7.76. The number of hydrogen-bond donors (Lipinski definition) is 2. The van der Waals surface area contributed by atoms with Crippen molar-refractivity contribution in [3.05, 3.63) is 64.9 Å². The summed E-state index contributed by atoms with van der Waals surface area (Å²) in [6.45, 7) is 5.14. The van der Waals surface area contributed by atoms with Gasteiger partial charge in [-0.05, 0) is 62.2 Å². The monoisotopic (exact) mass is 475 g/mol. The van der Waals surface area contributed by atoms with E-state index in [2.05, 4.69) is 10.6 Å². The highest BCUT2D eigenvalue weighted by molar-refractivity contribution is 6.10. The molecule has 1 aliphatic heterocycles. The van der Waals surface area contributed by atoms with Gasteiger partial charge in [0, 0.05) is 17.5 Å². The minimum absolute atomic E-state index is 0.0425. The first-order valence-corrected chi connectivity index (χ1v) is 10.5. The number of carbonyl (C=O) groups is 3. The van der Waals surface area contributed by atoms with Crippen molar-refractivity contribution in [3.8, 4) is 0 Å². The van der Waals surface area contributed by atoms with Gasteiger partial charge in [0.15, 0.2) is 0 Å². The smallest absolute Gasteiger partial charge is 0.416 e. The number of nitrogens with one attached hydrogen (secondary N) is 2. The maximum absolute atomic E-state index is 13.0. The molecule has 3 rings (SSSR count). The SMILES string of the molecule is CCOC(=O)CC1=CC(=O)N(CC(=O)Nc2cccc(C(F)(F)F)c2)c2cc(C)c(C)cc2N1. The summed E-state index contributed by atoms with van der Waals surface area (Å²) < 4.78 is 43.9. The van der Waals surface area contributed by atoms with E-state index >= 15 is 0 Å². The maximum atomic E-state index is 13.0. The highest BCUT2D eigenvalue weighted by Crippen LogP contribution is 2.34. The molecule has 10 heteroatoms. The van der Waals surface area contributed by atoms with Crippen LogP contribution < -0.4 is 15.5 Å². The lowest BCUT2D eigenvalue weighted by Crippen LogP contribution is -2.37. The molecule has 7 nitrogen and oxygen atoms in total. The second kappa shape index (κ2) is 9.98. The Morgan fingerprint density at radius 1 is 1.12 bits per heavy atom. The van der Waals surface area contributed by atoms with Crippen molar-refractivity contribution in [2.24, 2.45) is 0 Å². The first-order valence-electron chi connectivity index (χ1n) is 10.5. The fraction of sp³-hybridized carbons (Fsp3) is 0.292. The Morgan fingerprint density at radius 2 is 1.82 bits per heavy atom. The number of alkyl halides is 3. The van der Waals surface area contributed by atoms with Crippen LogP contribution in [0.5, 0.6) is 0 Å². The number of rotatable bonds is 6. The number of hydrogen-bond acceptors (Lipinski definition) is 5. The van der Waals surface area contributed by atoms with Gasteiger partial charge >= 0.3 is 12.1 Å². The molecule has 0 bridgehead atoms. The van der Waals surface area contributed by atoms with Gasteiger partial charge in [0.25, 0.3) is 5.91 Å². The normalized spacial score (nSPS) is 13.4. The number of amides is 2. The van der Waals surface area contributed by atoms with Crippen LogP contribution in [-0.4, -0.2) is 30.9 Å². The molecule has 0 saturated heterocycles. The van der Waals surface area contributed by atoms with Crippen molar-refractivity contribution in [3.63, 3.8) is 0 Å². The lowest BCUT2D eigenvalue weighted by Gasteiger charge is -2.23. The van der Waals surface area contributed by atoms with E-state index in [1.165, 1.54) is 23.1 Å². The average molecular weight is 475 g/mol. The van der Waals surface area contributed by atoms with E-state index < -0.39 is 36.1 Å². The number of anilines is 3. The molecule has 1 heterocycles. The summed E-state index contributed by atoms with van der Waals surface area (Å²) >= 11 is 0. The van der Waals surface area contributed by atoms with Gasteiger partial charge in [-0.15, -0.1) is 0 Å². The number of halogens is 3. The van der Waals surface area contributed by atoms with Gasteiger partial charge in [0.2, 0.25) is 5.91 Å². The van der Waals surface area contributed by atoms with E-state index in [1.807, 2.05) is 13.8 Å². The Balaban J connectivity index is 1.88. The molecule has 0 fully saturated rings. The van der Waals surface area contributed by atoms with Crippen LogP contribution in [-0.2, 0) is 25.3 Å². The molecule has 0 unspecified atom stereocenters. The fourth-order valence-electron chi connectivity index (χ4n) is 3.42. The van der Waals surface area contributed by atoms with Gasteiger partial charge in [-0.2, -0.15) is 13.2 Å². The van der Waals surface area contributed by atoms with Gasteiger partial charge in [-0.25, -0.2) is 0 Å². The number of esters is 1. The number of carbonyl (C=O) groups excluding carboxylic acids is 3. The van der Waals surface area contributed by atoms with Gasteiger partial charge in [-0.3, -0.25) is 19.3 Å². The first-order chi connectivity index (χ1) is 16.0. The molecule has 2 aromatic rings. The summed E-state index contributed by atoms with van der Waals surface area (Å²) in [4.78, 5) is 38.9. The zero-order valence-corrected chi connectivity index (χ0v) is 18.9. The quantitative estimate of drug-likeness (QED) is 0.599. The van der Waals surface area contributed by atoms with Crippen LogP contribution in [0, 0.1) is 13.8 Å². The zero-order valence-electron chi connectivity index (χ0n) is 18.9. The molecule has 1 aliphatic rings. The number of aryl methyl sites for hydroxylation is 2. The van der Waals surface area contributed by atoms with E-state index in [0.717, 1.165) is 23.3 Å². The number of nitrogens with zero attached hydrogens (tertiary/aromatic N) is 1. The first kappa shape index (κ1) is 24.8. The second-order valence-electron chi connectivity index (χ2n) is 7.78. The lowest BCUT2D eigenvalue weighted by atomic mass is 10.1. The van der Waals surface area contributed by atoms with Crippen LogP contribution in [0.15, 0.2) is 48.2 Å². The van der Waals surface area contributed by atoms with Crippen LogP contribution in [0.4, 0.5) is 30.2 Å². The van der Waals surface area contributed by atoms with Crippen molar-refractivity contribution in [2.75, 3.05) is 28.7 Å². The number of benzene rings is 2. The van der Waals surface area contributed by atoms with Gasteiger partial charge < -0.3 is 15.4 Å². The standard InChI is InChI=1S/C24H24F3N3O4/c1-4-34-23(33)12-18-11-22(32)30(20-9-15(3)14(2)8-19(20)28-18)13-21(31)29-17-7-5-6-16(10-17)24(25,26)27/h5-11,28H,4,12-13H2,1-3H3,(H,29,31). The minimum Gasteiger partial charge on any atom is -0.466 e. The van der Waals surface area contributed by atoms with Crippen molar-refractivity contribution in [2.45, 2.75) is 33.4 Å². The molecule has 2 amide bonds. The van der Waals surface area contributed by atoms with Crippen LogP contribution >= 0.6 is 0 Å². The molecule has 0 radical (unpaired) electrons. The topological polar surface area (TPSA) is 87.7 Å². The van der Waals surface area contributed by atoms with Gasteiger partial charge in [0.05, 0.1) is 30.0 Å². The van der Waals surface area contributed by atoms with Crippen molar-refractivity contribution in [1.29, 1.82) is 0 Å². The Kier molecular flexibility index (Phi) is 7.29. The number of fused-ring (bicyclic) bond motifs is 1. The molecule has 34 heavy (non-hydrogen) atoms. The molecule has 0 aliphatic carbocycles. The van der Waals surface area contributed by atoms with Crippen LogP contribution in [0.3, 0.4) is 0 Å². The van der Waals surface area contributed by atoms with Gasteiger partial charge in [0.1, 0.15) is 6.54 Å². The Morgan fingerprint density at radius 3 is 2.50 bits per heavy atom. The molecule has 0 saturated carbocycles. The Labute approximate surface area is 194 Å². The van der Waals surface area contributed by atoms with Crippen molar-refractivity contribution in [1.82, 2.24) is 0 Å². The zero-order chi connectivity index (χ0) is 25.0. The lowest BCUT2D eigenvalue weighted by molar-refractivity contribution is -0.142. The van der Waals surface area contributed by atoms with E-state index in [0.29, 0.717) is 17.1 Å². The summed E-state index contributed by atoms with van der Waals surface area (Å²) in [6.07, 6.45) is -3.52. The molecule has 2 aromatic carbocycles. The van der Waals surface area contributed by atoms with Crippen LogP contribution in [0.2, 0.25) is 0 Å². The van der Waals surface area contributed by atoms with Crippen molar-refractivity contribution >= 4 is 34.8 Å². The summed E-state index contributed by atoms with van der Waals surface area (Å²) in [7, 11) is 0. The van der Waals surface area contributed by atoms with Crippen LogP contribution in [0.1, 0.15) is 30.0 Å². The highest BCUT2D eigenvalue weighted by atomic mass is 19.4. The molecule has 0 spiro atoms. The van der Waals surface area contributed by atoms with E-state index in [-0.39, 0.29) is 18.7 Å². The maximum Gasteiger partial charge on any atom is 0.416 e. The van der Waals surface area contributed by atoms with E-state index in [4.69, 9.17) is 4.74 Å². The predicted molar refractivity (Wildman–Crippen MR) is 121 cm³/mol. The highest BCUT2D eigenvalue weighted by Gasteiger charge is 2.31. The predicted octanol–water partition coefficient (Wildman–Crippen LogP) is 4.56. The third-order valence-electron chi connectivity index (χ3n) is 5.18.